The lowest BCUT2D eigenvalue weighted by Crippen LogP contribution is -2.38. The van der Waals surface area contributed by atoms with Crippen LogP contribution < -0.4 is 5.32 Å². The van der Waals surface area contributed by atoms with Crippen LogP contribution in [-0.2, 0) is 19.1 Å². The Morgan fingerprint density at radius 3 is 2.61 bits per heavy atom. The summed E-state index contributed by atoms with van der Waals surface area (Å²) in [6, 6.07) is 0. The number of thiazole rings is 1. The average molecular weight is 341 g/mol. The molecule has 2 amide bonds. The molecule has 1 N–H and O–H groups in total. The number of rotatable bonds is 9. The Kier molecular flexibility index (Phi) is 8.25. The Morgan fingerprint density at radius 2 is 2.04 bits per heavy atom. The van der Waals surface area contributed by atoms with Gasteiger partial charge in [0.05, 0.1) is 19.6 Å². The van der Waals surface area contributed by atoms with E-state index in [4.69, 9.17) is 4.74 Å². The second kappa shape index (κ2) is 9.94. The molecule has 0 aliphatic heterocycles. The zero-order valence-electron chi connectivity index (χ0n) is 13.8. The fourth-order valence-corrected chi connectivity index (χ4v) is 2.59. The highest BCUT2D eigenvalue weighted by atomic mass is 32.1. The van der Waals surface area contributed by atoms with Crippen molar-refractivity contribution in [1.29, 1.82) is 0 Å². The Balaban J connectivity index is 2.50. The van der Waals surface area contributed by atoms with Gasteiger partial charge in [0.15, 0.2) is 5.13 Å². The summed E-state index contributed by atoms with van der Waals surface area (Å²) in [6.45, 7) is 6.25. The monoisotopic (exact) mass is 341 g/mol. The van der Waals surface area contributed by atoms with Crippen molar-refractivity contribution in [3.63, 3.8) is 0 Å². The predicted molar refractivity (Wildman–Crippen MR) is 88.2 cm³/mol. The summed E-state index contributed by atoms with van der Waals surface area (Å²) in [5, 5.41) is 3.19. The van der Waals surface area contributed by atoms with Crippen LogP contribution in [0, 0.1) is 6.92 Å². The van der Waals surface area contributed by atoms with Gasteiger partial charge in [0.1, 0.15) is 0 Å². The topological polar surface area (TPSA) is 88.6 Å². The Bertz CT molecular complexity index is 545. The van der Waals surface area contributed by atoms with E-state index in [1.807, 2.05) is 13.8 Å². The Morgan fingerprint density at radius 1 is 1.30 bits per heavy atom. The van der Waals surface area contributed by atoms with Crippen molar-refractivity contribution in [3.8, 4) is 0 Å². The summed E-state index contributed by atoms with van der Waals surface area (Å²) in [4.78, 5) is 42.0. The lowest BCUT2D eigenvalue weighted by molar-refractivity contribution is -0.145. The number of anilines is 1. The number of amides is 2. The van der Waals surface area contributed by atoms with Crippen molar-refractivity contribution >= 4 is 34.3 Å². The maximum absolute atomic E-state index is 12.2. The number of carbonyl (C=O) groups excluding carboxylic acids is 3. The van der Waals surface area contributed by atoms with Crippen LogP contribution >= 0.6 is 11.3 Å². The van der Waals surface area contributed by atoms with Gasteiger partial charge in [-0.1, -0.05) is 6.92 Å². The number of carbonyl (C=O) groups is 3. The van der Waals surface area contributed by atoms with Gasteiger partial charge in [-0.15, -0.1) is 11.3 Å². The van der Waals surface area contributed by atoms with Crippen LogP contribution in [-0.4, -0.2) is 47.4 Å². The quantitative estimate of drug-likeness (QED) is 0.694. The first-order valence-corrected chi connectivity index (χ1v) is 8.43. The molecule has 0 aromatic carbocycles. The van der Waals surface area contributed by atoms with E-state index >= 15 is 0 Å². The molecular formula is C15H23N3O4S. The number of esters is 1. The molecule has 0 aliphatic rings. The summed E-state index contributed by atoms with van der Waals surface area (Å²) in [5.41, 5.74) is 0. The van der Waals surface area contributed by atoms with Crippen LogP contribution in [0.2, 0.25) is 0 Å². The average Bonchev–Trinajstić information content (AvgIpc) is 2.89. The lowest BCUT2D eigenvalue weighted by Gasteiger charge is -2.21. The fourth-order valence-electron chi connectivity index (χ4n) is 1.91. The predicted octanol–water partition coefficient (Wildman–Crippen LogP) is 1.97. The summed E-state index contributed by atoms with van der Waals surface area (Å²) < 4.78 is 4.80. The molecule has 1 aromatic rings. The molecule has 8 heteroatoms. The zero-order chi connectivity index (χ0) is 17.2. The number of ether oxygens (including phenoxy) is 1. The van der Waals surface area contributed by atoms with E-state index in [0.717, 1.165) is 11.3 Å². The van der Waals surface area contributed by atoms with Crippen molar-refractivity contribution in [2.75, 3.05) is 25.0 Å². The first-order chi connectivity index (χ1) is 11.0. The van der Waals surface area contributed by atoms with Gasteiger partial charge in [-0.05, 0) is 20.3 Å². The van der Waals surface area contributed by atoms with Gasteiger partial charge in [0.25, 0.3) is 0 Å². The van der Waals surface area contributed by atoms with Gasteiger partial charge < -0.3 is 15.0 Å². The van der Waals surface area contributed by atoms with Gasteiger partial charge in [-0.3, -0.25) is 14.4 Å². The molecule has 0 fully saturated rings. The van der Waals surface area contributed by atoms with Crippen molar-refractivity contribution < 1.29 is 19.1 Å². The molecule has 0 unspecified atom stereocenters. The third kappa shape index (κ3) is 7.23. The fraction of sp³-hybridized carbons (Fsp3) is 0.600. The summed E-state index contributed by atoms with van der Waals surface area (Å²) in [6.07, 6.45) is 2.48. The van der Waals surface area contributed by atoms with Crippen molar-refractivity contribution in [1.82, 2.24) is 9.88 Å². The third-order valence-electron chi connectivity index (χ3n) is 2.90. The number of aryl methyl sites for hydroxylation is 1. The van der Waals surface area contributed by atoms with Crippen LogP contribution in [0.4, 0.5) is 5.13 Å². The highest BCUT2D eigenvalue weighted by Gasteiger charge is 2.18. The molecule has 23 heavy (non-hydrogen) atoms. The second-order valence-electron chi connectivity index (χ2n) is 4.94. The highest BCUT2D eigenvalue weighted by Crippen LogP contribution is 2.16. The second-order valence-corrected chi connectivity index (χ2v) is 6.18. The van der Waals surface area contributed by atoms with Crippen LogP contribution in [0.5, 0.6) is 0 Å². The van der Waals surface area contributed by atoms with Gasteiger partial charge in [0.2, 0.25) is 11.8 Å². The number of nitrogens with zero attached hydrogens (tertiary/aromatic N) is 2. The molecular weight excluding hydrogens is 318 g/mol. The lowest BCUT2D eigenvalue weighted by atomic mass is 10.2. The maximum atomic E-state index is 12.2. The Labute approximate surface area is 140 Å². The highest BCUT2D eigenvalue weighted by molar-refractivity contribution is 7.15. The van der Waals surface area contributed by atoms with E-state index < -0.39 is 5.97 Å². The SMILES string of the molecule is CCCN(CC(=O)Nc1ncc(C)s1)C(=O)CCC(=O)OCC. The minimum absolute atomic E-state index is 0.0280. The smallest absolute Gasteiger partial charge is 0.306 e. The molecule has 0 saturated heterocycles. The minimum atomic E-state index is -0.403. The minimum Gasteiger partial charge on any atom is -0.466 e. The Hall–Kier alpha value is -1.96. The van der Waals surface area contributed by atoms with E-state index in [2.05, 4.69) is 10.3 Å². The first-order valence-electron chi connectivity index (χ1n) is 7.61. The molecule has 0 atom stereocenters. The number of hydrogen-bond acceptors (Lipinski definition) is 6. The molecule has 1 rings (SSSR count). The standard InChI is InChI=1S/C15H23N3O4S/c1-4-8-18(13(20)6-7-14(21)22-5-2)10-12(19)17-15-16-9-11(3)23-15/h9H,4-8,10H2,1-3H3,(H,16,17,19). The summed E-state index contributed by atoms with van der Waals surface area (Å²) in [7, 11) is 0. The molecule has 128 valence electrons. The van der Waals surface area contributed by atoms with Gasteiger partial charge in [-0.2, -0.15) is 0 Å². The molecule has 0 radical (unpaired) electrons. The van der Waals surface area contributed by atoms with Gasteiger partial charge >= 0.3 is 5.97 Å². The number of hydrogen-bond donors (Lipinski definition) is 1. The molecule has 1 heterocycles. The van der Waals surface area contributed by atoms with E-state index in [1.165, 1.54) is 16.2 Å². The van der Waals surface area contributed by atoms with Crippen LogP contribution in [0.1, 0.15) is 38.0 Å². The van der Waals surface area contributed by atoms with Crippen molar-refractivity contribution in [3.05, 3.63) is 11.1 Å². The molecule has 0 spiro atoms. The normalized spacial score (nSPS) is 10.2. The maximum Gasteiger partial charge on any atom is 0.306 e. The third-order valence-corrected chi connectivity index (χ3v) is 3.72. The van der Waals surface area contributed by atoms with Gasteiger partial charge in [-0.25, -0.2) is 4.98 Å². The number of aromatic nitrogens is 1. The van der Waals surface area contributed by atoms with E-state index in [1.54, 1.807) is 13.1 Å². The molecule has 0 bridgehead atoms. The van der Waals surface area contributed by atoms with Crippen LogP contribution in [0.25, 0.3) is 0 Å². The molecule has 0 saturated carbocycles. The van der Waals surface area contributed by atoms with E-state index in [9.17, 15) is 14.4 Å². The zero-order valence-corrected chi connectivity index (χ0v) is 14.6. The van der Waals surface area contributed by atoms with Crippen molar-refractivity contribution in [2.45, 2.75) is 40.0 Å². The number of nitrogens with one attached hydrogen (secondary N) is 1. The summed E-state index contributed by atoms with van der Waals surface area (Å²) >= 11 is 1.38. The van der Waals surface area contributed by atoms with E-state index in [0.29, 0.717) is 18.3 Å². The largest absolute Gasteiger partial charge is 0.466 e. The van der Waals surface area contributed by atoms with Gasteiger partial charge in [0, 0.05) is 24.0 Å². The summed E-state index contributed by atoms with van der Waals surface area (Å²) in [5.74, 6) is -0.928. The van der Waals surface area contributed by atoms with E-state index in [-0.39, 0.29) is 31.2 Å². The molecule has 7 nitrogen and oxygen atoms in total. The van der Waals surface area contributed by atoms with Crippen molar-refractivity contribution in [2.24, 2.45) is 0 Å². The van der Waals surface area contributed by atoms with Crippen LogP contribution in [0.3, 0.4) is 0 Å². The van der Waals surface area contributed by atoms with Crippen LogP contribution in [0.15, 0.2) is 6.20 Å². The molecule has 1 aromatic heterocycles. The molecule has 0 aliphatic carbocycles. The first kappa shape index (κ1) is 19.1.